The molecule has 0 saturated carbocycles. The molecule has 0 fully saturated rings. The van der Waals surface area contributed by atoms with Gasteiger partial charge in [-0.15, -0.1) is 0 Å². The molecule has 1 aromatic heterocycles. The van der Waals surface area contributed by atoms with E-state index in [-0.39, 0.29) is 6.71 Å². The third kappa shape index (κ3) is 6.05. The maximum absolute atomic E-state index is 6.68. The molecular formula is C52H38BN3O3. The zero-order valence-electron chi connectivity index (χ0n) is 32.7. The number of pyridine rings is 1. The van der Waals surface area contributed by atoms with E-state index in [0.717, 1.165) is 97.3 Å². The SMILES string of the molecule is Cc1cccc(C)c1N1CCN=C1c1ccc2c(c1)B1c3cc(Oc4cc(-c5c(-c6ccccc6)cccc5-c5ccccc5)ccn4)ccc3Oc3cccc(c31)O2. The molecule has 0 bridgehead atoms. The van der Waals surface area contributed by atoms with Crippen LogP contribution in [-0.2, 0) is 0 Å². The Labute approximate surface area is 344 Å². The van der Waals surface area contributed by atoms with Gasteiger partial charge in [0.2, 0.25) is 5.88 Å². The summed E-state index contributed by atoms with van der Waals surface area (Å²) in [6.07, 6.45) is 1.83. The van der Waals surface area contributed by atoms with Gasteiger partial charge >= 0.3 is 0 Å². The first-order chi connectivity index (χ1) is 29.1. The van der Waals surface area contributed by atoms with Gasteiger partial charge in [0.25, 0.3) is 6.71 Å². The number of aliphatic imine (C=N–C) groups is 1. The Morgan fingerprint density at radius 1 is 0.559 bits per heavy atom. The number of hydrogen-bond donors (Lipinski definition) is 0. The number of ether oxygens (including phenoxy) is 3. The Bertz CT molecular complexity index is 2870. The maximum Gasteiger partial charge on any atom is 0.260 e. The van der Waals surface area contributed by atoms with Crippen LogP contribution in [0, 0.1) is 13.8 Å². The fourth-order valence-corrected chi connectivity index (χ4v) is 9.08. The van der Waals surface area contributed by atoms with E-state index in [2.05, 4.69) is 146 Å². The highest BCUT2D eigenvalue weighted by Gasteiger charge is 2.41. The Morgan fingerprint density at radius 3 is 1.88 bits per heavy atom. The molecule has 0 unspecified atom stereocenters. The molecular weight excluding hydrogens is 725 g/mol. The van der Waals surface area contributed by atoms with Crippen molar-refractivity contribution in [3.63, 3.8) is 0 Å². The van der Waals surface area contributed by atoms with Crippen molar-refractivity contribution in [2.24, 2.45) is 4.99 Å². The largest absolute Gasteiger partial charge is 0.458 e. The summed E-state index contributed by atoms with van der Waals surface area (Å²) in [5, 5.41) is 0. The van der Waals surface area contributed by atoms with Gasteiger partial charge in [-0.05, 0) is 118 Å². The summed E-state index contributed by atoms with van der Waals surface area (Å²) in [6.45, 7) is 5.77. The second kappa shape index (κ2) is 14.2. The van der Waals surface area contributed by atoms with Crippen molar-refractivity contribution < 1.29 is 14.2 Å². The van der Waals surface area contributed by atoms with Crippen LogP contribution in [0.4, 0.5) is 5.69 Å². The molecule has 282 valence electrons. The number of anilines is 1. The fourth-order valence-electron chi connectivity index (χ4n) is 9.08. The number of para-hydroxylation sites is 1. The summed E-state index contributed by atoms with van der Waals surface area (Å²) in [7, 11) is 0. The number of benzene rings is 7. The summed E-state index contributed by atoms with van der Waals surface area (Å²) < 4.78 is 19.9. The molecule has 3 aliphatic heterocycles. The van der Waals surface area contributed by atoms with Crippen molar-refractivity contribution in [1.82, 2.24) is 4.98 Å². The second-order valence-corrected chi connectivity index (χ2v) is 15.3. The number of nitrogens with zero attached hydrogens (tertiary/aromatic N) is 3. The maximum atomic E-state index is 6.68. The normalized spacial score (nSPS) is 13.4. The highest BCUT2D eigenvalue weighted by Crippen LogP contribution is 2.42. The van der Waals surface area contributed by atoms with Crippen molar-refractivity contribution >= 4 is 34.6 Å². The van der Waals surface area contributed by atoms with Crippen molar-refractivity contribution in [3.8, 4) is 68.0 Å². The van der Waals surface area contributed by atoms with E-state index in [1.54, 1.807) is 0 Å². The molecule has 6 nitrogen and oxygen atoms in total. The van der Waals surface area contributed by atoms with E-state index in [1.165, 1.54) is 16.8 Å². The van der Waals surface area contributed by atoms with Gasteiger partial charge in [-0.3, -0.25) is 4.99 Å². The van der Waals surface area contributed by atoms with Crippen LogP contribution < -0.4 is 35.5 Å². The van der Waals surface area contributed by atoms with E-state index in [9.17, 15) is 0 Å². The quantitative estimate of drug-likeness (QED) is 0.151. The molecule has 11 rings (SSSR count). The first-order valence-electron chi connectivity index (χ1n) is 20.1. The lowest BCUT2D eigenvalue weighted by atomic mass is 9.34. The number of hydrogen-bond acceptors (Lipinski definition) is 6. The van der Waals surface area contributed by atoms with Gasteiger partial charge in [0.05, 0.1) is 6.54 Å². The second-order valence-electron chi connectivity index (χ2n) is 15.3. The Kier molecular flexibility index (Phi) is 8.40. The van der Waals surface area contributed by atoms with E-state index in [0.29, 0.717) is 11.6 Å². The molecule has 0 amide bonds. The number of aromatic nitrogens is 1. The average molecular weight is 764 g/mol. The zero-order valence-corrected chi connectivity index (χ0v) is 32.7. The topological polar surface area (TPSA) is 56.2 Å². The molecule has 0 N–H and O–H groups in total. The molecule has 3 aliphatic rings. The third-order valence-corrected chi connectivity index (χ3v) is 11.7. The Morgan fingerprint density at radius 2 is 1.19 bits per heavy atom. The molecule has 0 saturated heterocycles. The smallest absolute Gasteiger partial charge is 0.260 e. The third-order valence-electron chi connectivity index (χ3n) is 11.7. The van der Waals surface area contributed by atoms with Crippen LogP contribution in [0.2, 0.25) is 0 Å². The molecule has 8 aromatic rings. The van der Waals surface area contributed by atoms with Gasteiger partial charge in [-0.1, -0.05) is 109 Å². The lowest BCUT2D eigenvalue weighted by Crippen LogP contribution is -2.57. The highest BCUT2D eigenvalue weighted by molar-refractivity contribution is 6.98. The van der Waals surface area contributed by atoms with Crippen molar-refractivity contribution in [3.05, 3.63) is 187 Å². The van der Waals surface area contributed by atoms with Crippen LogP contribution in [-0.4, -0.2) is 30.6 Å². The monoisotopic (exact) mass is 763 g/mol. The summed E-state index contributed by atoms with van der Waals surface area (Å²) in [4.78, 5) is 12.1. The van der Waals surface area contributed by atoms with E-state index in [1.807, 2.05) is 42.6 Å². The molecule has 0 spiro atoms. The van der Waals surface area contributed by atoms with Gasteiger partial charge in [0.15, 0.2) is 0 Å². The Hall–Kier alpha value is -7.38. The summed E-state index contributed by atoms with van der Waals surface area (Å²) >= 11 is 0. The summed E-state index contributed by atoms with van der Waals surface area (Å²) in [5.74, 6) is 5.34. The predicted molar refractivity (Wildman–Crippen MR) is 239 cm³/mol. The minimum atomic E-state index is -0.154. The van der Waals surface area contributed by atoms with E-state index >= 15 is 0 Å². The average Bonchev–Trinajstić information content (AvgIpc) is 3.76. The van der Waals surface area contributed by atoms with Crippen LogP contribution >= 0.6 is 0 Å². The first-order valence-corrected chi connectivity index (χ1v) is 20.1. The van der Waals surface area contributed by atoms with Crippen LogP contribution in [0.3, 0.4) is 0 Å². The van der Waals surface area contributed by atoms with E-state index < -0.39 is 0 Å². The van der Waals surface area contributed by atoms with Gasteiger partial charge in [-0.25, -0.2) is 4.98 Å². The zero-order chi connectivity index (χ0) is 39.5. The summed E-state index contributed by atoms with van der Waals surface area (Å²) in [6, 6.07) is 56.7. The Balaban J connectivity index is 0.984. The number of amidine groups is 1. The number of fused-ring (bicyclic) bond motifs is 4. The molecule has 0 radical (unpaired) electrons. The van der Waals surface area contributed by atoms with Crippen LogP contribution in [0.1, 0.15) is 16.7 Å². The minimum Gasteiger partial charge on any atom is -0.458 e. The lowest BCUT2D eigenvalue weighted by Gasteiger charge is -2.33. The van der Waals surface area contributed by atoms with Gasteiger partial charge < -0.3 is 19.1 Å². The van der Waals surface area contributed by atoms with Crippen LogP contribution in [0.5, 0.6) is 34.6 Å². The number of aryl methyl sites for hydroxylation is 2. The van der Waals surface area contributed by atoms with Gasteiger partial charge in [0.1, 0.15) is 34.6 Å². The van der Waals surface area contributed by atoms with Gasteiger partial charge in [-0.2, -0.15) is 0 Å². The van der Waals surface area contributed by atoms with Crippen LogP contribution in [0.15, 0.2) is 175 Å². The minimum absolute atomic E-state index is 0.154. The molecule has 59 heavy (non-hydrogen) atoms. The fraction of sp³-hybridized carbons (Fsp3) is 0.0769. The number of rotatable bonds is 7. The van der Waals surface area contributed by atoms with Gasteiger partial charge in [0, 0.05) is 35.5 Å². The molecule has 0 aliphatic carbocycles. The van der Waals surface area contributed by atoms with Crippen molar-refractivity contribution in [2.45, 2.75) is 13.8 Å². The lowest BCUT2D eigenvalue weighted by molar-refractivity contribution is 0.454. The predicted octanol–water partition coefficient (Wildman–Crippen LogP) is 10.5. The standard InChI is InChI=1S/C52H38BN3O3/c1-33-12-9-13-34(2)51(33)56-29-28-55-52(56)38-22-24-44-42(30-38)53-43-32-39(23-25-45(43)59-47-21-11-20-46(58-44)50(47)53)57-48-31-37(26-27-54-48)49-40(35-14-5-3-6-15-35)18-10-19-41(49)36-16-7-4-8-17-36/h3-27,30-32H,28-29H2,1-2H3. The molecule has 7 heteroatoms. The van der Waals surface area contributed by atoms with E-state index in [4.69, 9.17) is 24.2 Å². The molecule has 4 heterocycles. The highest BCUT2D eigenvalue weighted by atomic mass is 16.5. The summed E-state index contributed by atoms with van der Waals surface area (Å²) in [5.41, 5.74) is 14.5. The first kappa shape index (κ1) is 34.8. The van der Waals surface area contributed by atoms with Crippen LogP contribution in [0.25, 0.3) is 33.4 Å². The van der Waals surface area contributed by atoms with Crippen molar-refractivity contribution in [2.75, 3.05) is 18.0 Å². The molecule has 7 aromatic carbocycles. The van der Waals surface area contributed by atoms with Crippen molar-refractivity contribution in [1.29, 1.82) is 0 Å². The molecule has 0 atom stereocenters.